The summed E-state index contributed by atoms with van der Waals surface area (Å²) in [5.74, 6) is 2.67. The van der Waals surface area contributed by atoms with Gasteiger partial charge in [0.15, 0.2) is 23.0 Å². The molecule has 1 saturated heterocycles. The van der Waals surface area contributed by atoms with Crippen LogP contribution in [-0.4, -0.2) is 101 Å². The van der Waals surface area contributed by atoms with E-state index in [0.29, 0.717) is 70.7 Å². The molecule has 5 aliphatic rings. The standard InChI is InChI=1S/C39H42N4O8/c1-46-28-6-4-24(5-7-28)25-14-26-20-40-31-17-35(33(47-2)15-29(31)37(44)42(26)22-25)50-12-10-49-11-13-51-36-18-32-30(16-34(36)48-3)38(45)43-23-39(8-9-39)19-27(43)21-41-32/h4-7,15-18,21-22,26-27,40H,8-14,19-20,23H2,1-3H3/t26-,27-/m0/s1. The number of nitrogens with one attached hydrogen (secondary N) is 1. The fourth-order valence-corrected chi connectivity index (χ4v) is 7.53. The molecule has 1 N–H and O–H groups in total. The Hall–Kier alpha value is -5.23. The van der Waals surface area contributed by atoms with Crippen molar-refractivity contribution < 1.29 is 38.0 Å². The van der Waals surface area contributed by atoms with Gasteiger partial charge in [0.2, 0.25) is 0 Å². The molecule has 3 aromatic rings. The Labute approximate surface area is 296 Å². The number of hydrogen-bond acceptors (Lipinski definition) is 10. The maximum atomic E-state index is 13.7. The molecule has 2 atom stereocenters. The maximum Gasteiger partial charge on any atom is 0.260 e. The van der Waals surface area contributed by atoms with Gasteiger partial charge in [-0.3, -0.25) is 14.6 Å². The summed E-state index contributed by atoms with van der Waals surface area (Å²) in [5.41, 5.74) is 4.82. The average molecular weight is 695 g/mol. The van der Waals surface area contributed by atoms with E-state index in [1.807, 2.05) is 52.5 Å². The minimum atomic E-state index is -0.0898. The van der Waals surface area contributed by atoms with E-state index in [9.17, 15) is 9.59 Å². The van der Waals surface area contributed by atoms with Crippen LogP contribution in [0, 0.1) is 5.41 Å². The molecule has 4 heterocycles. The first kappa shape index (κ1) is 32.9. The number of methoxy groups -OCH3 is 3. The molecule has 8 rings (SSSR count). The molecule has 0 unspecified atom stereocenters. The summed E-state index contributed by atoms with van der Waals surface area (Å²) in [4.78, 5) is 35.6. The first-order valence-electron chi connectivity index (χ1n) is 17.4. The van der Waals surface area contributed by atoms with Crippen LogP contribution < -0.4 is 29.0 Å². The minimum absolute atomic E-state index is 0.00482. The molecule has 51 heavy (non-hydrogen) atoms. The van der Waals surface area contributed by atoms with Crippen LogP contribution in [0.2, 0.25) is 0 Å². The third kappa shape index (κ3) is 6.33. The number of fused-ring (bicyclic) bond motifs is 4. The van der Waals surface area contributed by atoms with Gasteiger partial charge in [0.05, 0.1) is 69.1 Å². The van der Waals surface area contributed by atoms with Gasteiger partial charge < -0.3 is 43.5 Å². The van der Waals surface area contributed by atoms with Gasteiger partial charge in [-0.1, -0.05) is 12.1 Å². The molecule has 2 fully saturated rings. The van der Waals surface area contributed by atoms with Crippen molar-refractivity contribution in [1.82, 2.24) is 9.80 Å². The maximum absolute atomic E-state index is 13.7. The molecule has 0 aromatic heterocycles. The Morgan fingerprint density at radius 3 is 2.22 bits per heavy atom. The highest BCUT2D eigenvalue weighted by Crippen LogP contribution is 2.55. The highest BCUT2D eigenvalue weighted by molar-refractivity contribution is 6.04. The zero-order chi connectivity index (χ0) is 35.1. The molecule has 0 bridgehead atoms. The van der Waals surface area contributed by atoms with Crippen molar-refractivity contribution in [3.05, 3.63) is 71.4 Å². The van der Waals surface area contributed by atoms with Crippen molar-refractivity contribution in [2.75, 3.05) is 66.2 Å². The number of rotatable bonds is 12. The summed E-state index contributed by atoms with van der Waals surface area (Å²) in [6.45, 7) is 2.55. The lowest BCUT2D eigenvalue weighted by Gasteiger charge is -2.21. The molecule has 1 saturated carbocycles. The number of ether oxygens (including phenoxy) is 6. The van der Waals surface area contributed by atoms with Crippen LogP contribution >= 0.6 is 0 Å². The Morgan fingerprint density at radius 2 is 1.53 bits per heavy atom. The third-order valence-electron chi connectivity index (χ3n) is 10.5. The lowest BCUT2D eigenvalue weighted by Crippen LogP contribution is -2.35. The summed E-state index contributed by atoms with van der Waals surface area (Å²) in [7, 11) is 4.77. The molecule has 4 aliphatic heterocycles. The Morgan fingerprint density at radius 1 is 0.824 bits per heavy atom. The second-order valence-corrected chi connectivity index (χ2v) is 13.7. The van der Waals surface area contributed by atoms with Crippen molar-refractivity contribution >= 4 is 35.0 Å². The second-order valence-electron chi connectivity index (χ2n) is 13.7. The first-order valence-corrected chi connectivity index (χ1v) is 17.4. The number of carbonyl (C=O) groups is 2. The van der Waals surface area contributed by atoms with Crippen molar-refractivity contribution in [2.45, 2.75) is 37.8 Å². The van der Waals surface area contributed by atoms with Crippen molar-refractivity contribution in [3.8, 4) is 28.7 Å². The quantitative estimate of drug-likeness (QED) is 0.243. The van der Waals surface area contributed by atoms with Crippen LogP contribution in [0.15, 0.2) is 59.7 Å². The van der Waals surface area contributed by atoms with Crippen LogP contribution in [0.5, 0.6) is 28.7 Å². The van der Waals surface area contributed by atoms with Crippen molar-refractivity contribution in [1.29, 1.82) is 0 Å². The van der Waals surface area contributed by atoms with Crippen LogP contribution in [0.3, 0.4) is 0 Å². The van der Waals surface area contributed by atoms with E-state index >= 15 is 0 Å². The van der Waals surface area contributed by atoms with E-state index < -0.39 is 0 Å². The first-order chi connectivity index (χ1) is 24.9. The van der Waals surface area contributed by atoms with E-state index in [2.05, 4.69) is 10.3 Å². The summed E-state index contributed by atoms with van der Waals surface area (Å²) in [6, 6.07) is 15.0. The van der Waals surface area contributed by atoms with Crippen molar-refractivity contribution in [3.63, 3.8) is 0 Å². The topological polar surface area (TPSA) is 120 Å². The van der Waals surface area contributed by atoms with Crippen LogP contribution in [0.25, 0.3) is 5.57 Å². The van der Waals surface area contributed by atoms with Gasteiger partial charge >= 0.3 is 0 Å². The number of benzene rings is 3. The molecule has 266 valence electrons. The predicted octanol–water partition coefficient (Wildman–Crippen LogP) is 5.58. The van der Waals surface area contributed by atoms with Gasteiger partial charge in [0.1, 0.15) is 19.0 Å². The number of nitrogens with zero attached hydrogens (tertiary/aromatic N) is 3. The number of hydrogen-bond donors (Lipinski definition) is 1. The Kier molecular flexibility index (Phi) is 8.71. The van der Waals surface area contributed by atoms with Crippen LogP contribution in [-0.2, 0) is 4.74 Å². The highest BCUT2D eigenvalue weighted by Gasteiger charge is 2.53. The SMILES string of the molecule is COc1ccc(C2=CN3C(=O)c4cc(OC)c(OCCOCCOc5cc6c(cc5OC)C(=O)N5CC7(CC7)C[C@H]5C=N6)cc4NC[C@@H]3C2)cc1. The fourth-order valence-electron chi connectivity index (χ4n) is 7.53. The lowest BCUT2D eigenvalue weighted by molar-refractivity contribution is 0.0748. The van der Waals surface area contributed by atoms with Gasteiger partial charge in [-0.25, -0.2) is 0 Å². The molecule has 12 nitrogen and oxygen atoms in total. The van der Waals surface area contributed by atoms with Gasteiger partial charge in [-0.2, -0.15) is 0 Å². The van der Waals surface area contributed by atoms with Crippen LogP contribution in [0.1, 0.15) is 52.0 Å². The van der Waals surface area contributed by atoms with E-state index in [-0.39, 0.29) is 37.1 Å². The number of aliphatic imine (C=N–C) groups is 1. The largest absolute Gasteiger partial charge is 0.497 e. The predicted molar refractivity (Wildman–Crippen MR) is 191 cm³/mol. The van der Waals surface area contributed by atoms with Crippen molar-refractivity contribution in [2.24, 2.45) is 10.4 Å². The van der Waals surface area contributed by atoms with Gasteiger partial charge in [-0.05, 0) is 66.5 Å². The van der Waals surface area contributed by atoms with Gasteiger partial charge in [0.25, 0.3) is 11.8 Å². The Balaban J connectivity index is 0.846. The van der Waals surface area contributed by atoms with E-state index in [0.717, 1.165) is 36.3 Å². The van der Waals surface area contributed by atoms with E-state index in [1.165, 1.54) is 12.8 Å². The number of amides is 2. The van der Waals surface area contributed by atoms with E-state index in [4.69, 9.17) is 28.4 Å². The number of carbonyl (C=O) groups excluding carboxylic acids is 2. The zero-order valence-corrected chi connectivity index (χ0v) is 29.1. The fraction of sp³-hybridized carbons (Fsp3) is 0.410. The Bertz CT molecular complexity index is 1900. The molecular weight excluding hydrogens is 652 g/mol. The summed E-state index contributed by atoms with van der Waals surface area (Å²) in [6.07, 6.45) is 7.96. The summed E-state index contributed by atoms with van der Waals surface area (Å²) < 4.78 is 34.3. The summed E-state index contributed by atoms with van der Waals surface area (Å²) in [5, 5.41) is 3.45. The third-order valence-corrected chi connectivity index (χ3v) is 10.5. The molecule has 1 aliphatic carbocycles. The zero-order valence-electron chi connectivity index (χ0n) is 29.1. The monoisotopic (exact) mass is 694 g/mol. The smallest absolute Gasteiger partial charge is 0.260 e. The summed E-state index contributed by atoms with van der Waals surface area (Å²) >= 11 is 0. The van der Waals surface area contributed by atoms with Crippen LogP contribution in [0.4, 0.5) is 11.4 Å². The average Bonchev–Trinajstić information content (AvgIpc) is 3.69. The molecule has 0 radical (unpaired) electrons. The lowest BCUT2D eigenvalue weighted by atomic mass is 10.0. The highest BCUT2D eigenvalue weighted by atomic mass is 16.6. The normalized spacial score (nSPS) is 20.7. The second kappa shape index (κ2) is 13.5. The molecule has 12 heteroatoms. The molecule has 3 aromatic carbocycles. The number of anilines is 1. The van der Waals surface area contributed by atoms with E-state index in [1.54, 1.807) is 39.5 Å². The minimum Gasteiger partial charge on any atom is -0.497 e. The molecular formula is C39H42N4O8. The van der Waals surface area contributed by atoms with Gasteiger partial charge in [-0.15, -0.1) is 0 Å². The molecule has 2 amide bonds. The van der Waals surface area contributed by atoms with Gasteiger partial charge in [0, 0.05) is 37.6 Å². The molecule has 1 spiro atoms.